The van der Waals surface area contributed by atoms with Gasteiger partial charge in [0.15, 0.2) is 0 Å². The number of aryl methyl sites for hydroxylation is 1. The van der Waals surface area contributed by atoms with E-state index >= 15 is 0 Å². The molecule has 5 aromatic rings. The van der Waals surface area contributed by atoms with Gasteiger partial charge in [0.1, 0.15) is 22.4 Å². The average molecular weight is 742 g/mol. The summed E-state index contributed by atoms with van der Waals surface area (Å²) in [5.41, 5.74) is 11.5. The van der Waals surface area contributed by atoms with E-state index in [2.05, 4.69) is 60.5 Å². The molecule has 10 nitrogen and oxygen atoms in total. The summed E-state index contributed by atoms with van der Waals surface area (Å²) in [5.74, 6) is 0.959. The Kier molecular flexibility index (Phi) is 8.77. The van der Waals surface area contributed by atoms with Crippen LogP contribution in [0.25, 0.3) is 21.1 Å². The number of carbonyl (C=O) groups is 1. The number of benzene rings is 2. The highest BCUT2D eigenvalue weighted by Crippen LogP contribution is 2.68. The van der Waals surface area contributed by atoms with Crippen LogP contribution in [0, 0.1) is 23.7 Å². The van der Waals surface area contributed by atoms with E-state index in [1.807, 2.05) is 30.3 Å². The highest BCUT2D eigenvalue weighted by molar-refractivity contribution is 7.18. The van der Waals surface area contributed by atoms with Gasteiger partial charge in [0.05, 0.1) is 18.2 Å². The van der Waals surface area contributed by atoms with Crippen LogP contribution in [0.1, 0.15) is 59.4 Å². The Morgan fingerprint density at radius 1 is 1.09 bits per heavy atom. The molecule has 53 heavy (non-hydrogen) atoms. The molecule has 3 saturated carbocycles. The maximum atomic E-state index is 13.1. The van der Waals surface area contributed by atoms with E-state index in [9.17, 15) is 23.2 Å². The fourth-order valence-corrected chi connectivity index (χ4v) is 10.0. The number of aromatic nitrogens is 3. The standard InChI is InChI=1S/C39H42F3N9OS/c1-23-25(18-50-10-8-27(9-11-50)46-34-31-15-29(16-39(40,41)42)53-35(31)48-36(45-2)47-34)6-7-32-30(23)14-28(17-43)51(32)22-37-19-38(20-37,21-37)49-33(52)13-24-4-3-5-26(44)12-24/h3-7,12,14-15,27H,8-11,13,16,18-22,44H2,1-2H3,(H,49,52)(H2,45,46,47,48). The molecule has 4 fully saturated rings. The number of rotatable bonds is 11. The van der Waals surface area contributed by atoms with Crippen molar-refractivity contribution < 1.29 is 18.0 Å². The van der Waals surface area contributed by atoms with Crippen molar-refractivity contribution in [1.29, 1.82) is 5.26 Å². The third-order valence-corrected chi connectivity index (χ3v) is 12.3. The largest absolute Gasteiger partial charge is 0.399 e. The van der Waals surface area contributed by atoms with Gasteiger partial charge in [-0.2, -0.15) is 23.4 Å². The first-order chi connectivity index (χ1) is 25.3. The van der Waals surface area contributed by atoms with Crippen LogP contribution in [0.4, 0.5) is 30.6 Å². The van der Waals surface area contributed by atoms with Gasteiger partial charge in [-0.25, -0.2) is 4.98 Å². The second kappa shape index (κ2) is 13.2. The Hall–Kier alpha value is -4.87. The first kappa shape index (κ1) is 35.2. The third kappa shape index (κ3) is 7.00. The van der Waals surface area contributed by atoms with Crippen LogP contribution in [0.3, 0.4) is 0 Å². The van der Waals surface area contributed by atoms with Crippen molar-refractivity contribution in [2.45, 2.75) is 82.7 Å². The molecule has 2 bridgehead atoms. The number of nitrogen functional groups attached to an aromatic ring is 1. The number of anilines is 3. The lowest BCUT2D eigenvalue weighted by atomic mass is 9.39. The first-order valence-corrected chi connectivity index (χ1v) is 18.8. The van der Waals surface area contributed by atoms with Crippen molar-refractivity contribution >= 4 is 55.8 Å². The Bertz CT molecular complexity index is 2240. The SMILES string of the molecule is CNc1nc(NC2CCN(Cc3ccc4c(cc(C#N)n4CC45CC(NC(=O)Cc6cccc(N)c6)(C4)C5)c3C)CC2)c2cc(CC(F)(F)F)sc2n1. The lowest BCUT2D eigenvalue weighted by Crippen LogP contribution is -2.75. The van der Waals surface area contributed by atoms with Crippen molar-refractivity contribution in [1.82, 2.24) is 24.8 Å². The molecular weight excluding hydrogens is 700 g/mol. The molecule has 3 aromatic heterocycles. The quantitative estimate of drug-likeness (QED) is 0.107. The summed E-state index contributed by atoms with van der Waals surface area (Å²) in [6.45, 7) is 5.40. The number of nitrogens with zero attached hydrogens (tertiary/aromatic N) is 5. The predicted octanol–water partition coefficient (Wildman–Crippen LogP) is 6.91. The summed E-state index contributed by atoms with van der Waals surface area (Å²) in [6.07, 6.45) is -0.479. The van der Waals surface area contributed by atoms with Gasteiger partial charge in [0, 0.05) is 66.3 Å². The van der Waals surface area contributed by atoms with Crippen molar-refractivity contribution in [2.24, 2.45) is 5.41 Å². The van der Waals surface area contributed by atoms with Crippen LogP contribution in [0.5, 0.6) is 0 Å². The molecule has 14 heteroatoms. The number of hydrogen-bond acceptors (Lipinski definition) is 9. The Balaban J connectivity index is 0.888. The van der Waals surface area contributed by atoms with Crippen molar-refractivity contribution in [3.63, 3.8) is 0 Å². The second-order valence-electron chi connectivity index (χ2n) is 15.4. The molecule has 4 aliphatic rings. The highest BCUT2D eigenvalue weighted by Gasteiger charge is 2.68. The topological polar surface area (TPSA) is 137 Å². The normalized spacial score (nSPS) is 21.6. The molecule has 1 aliphatic heterocycles. The molecule has 3 aliphatic carbocycles. The number of amides is 1. The van der Waals surface area contributed by atoms with Gasteiger partial charge in [-0.05, 0) is 91.5 Å². The zero-order chi connectivity index (χ0) is 37.1. The average Bonchev–Trinajstić information content (AvgIpc) is 3.65. The first-order valence-electron chi connectivity index (χ1n) is 18.0. The number of nitrogens with two attached hydrogens (primary N) is 1. The van der Waals surface area contributed by atoms with Gasteiger partial charge in [0.25, 0.3) is 0 Å². The molecule has 0 unspecified atom stereocenters. The van der Waals surface area contributed by atoms with Gasteiger partial charge in [-0.15, -0.1) is 11.3 Å². The summed E-state index contributed by atoms with van der Waals surface area (Å²) in [7, 11) is 1.70. The number of thiophene rings is 1. The van der Waals surface area contributed by atoms with E-state index in [1.54, 1.807) is 13.1 Å². The van der Waals surface area contributed by atoms with E-state index in [0.717, 1.165) is 86.1 Å². The molecule has 1 saturated heterocycles. The maximum Gasteiger partial charge on any atom is 0.393 e. The molecule has 0 atom stereocenters. The van der Waals surface area contributed by atoms with Gasteiger partial charge < -0.3 is 26.3 Å². The number of nitrogens with one attached hydrogen (secondary N) is 3. The summed E-state index contributed by atoms with van der Waals surface area (Å²) >= 11 is 1.05. The minimum absolute atomic E-state index is 0.0201. The monoisotopic (exact) mass is 741 g/mol. The van der Waals surface area contributed by atoms with Gasteiger partial charge >= 0.3 is 6.18 Å². The number of halogens is 3. The third-order valence-electron chi connectivity index (χ3n) is 11.3. The minimum Gasteiger partial charge on any atom is -0.399 e. The smallest absolute Gasteiger partial charge is 0.393 e. The summed E-state index contributed by atoms with van der Waals surface area (Å²) < 4.78 is 41.5. The molecule has 4 heterocycles. The van der Waals surface area contributed by atoms with E-state index in [-0.39, 0.29) is 27.8 Å². The lowest BCUT2D eigenvalue weighted by molar-refractivity contribution is -0.171. The summed E-state index contributed by atoms with van der Waals surface area (Å²) in [5, 5.41) is 21.6. The number of fused-ring (bicyclic) bond motifs is 2. The fraction of sp³-hybridized carbons (Fsp3) is 0.436. The van der Waals surface area contributed by atoms with Gasteiger partial charge in [-0.3, -0.25) is 9.69 Å². The van der Waals surface area contributed by atoms with Crippen LogP contribution in [-0.4, -0.2) is 63.2 Å². The number of piperidine rings is 1. The number of hydrogen-bond donors (Lipinski definition) is 4. The van der Waals surface area contributed by atoms with Crippen LogP contribution < -0.4 is 21.7 Å². The van der Waals surface area contributed by atoms with Gasteiger partial charge in [-0.1, -0.05) is 18.2 Å². The Morgan fingerprint density at radius 2 is 1.87 bits per heavy atom. The minimum atomic E-state index is -4.29. The zero-order valence-corrected chi connectivity index (χ0v) is 30.6. The molecular formula is C39H42F3N9OS. The van der Waals surface area contributed by atoms with Crippen LogP contribution in [-0.2, 0) is 30.7 Å². The van der Waals surface area contributed by atoms with Crippen LogP contribution in [0.2, 0.25) is 0 Å². The maximum absolute atomic E-state index is 13.1. The molecule has 2 aromatic carbocycles. The summed E-state index contributed by atoms with van der Waals surface area (Å²) in [6, 6.07) is 17.9. The van der Waals surface area contributed by atoms with E-state index in [1.165, 1.54) is 11.1 Å². The van der Waals surface area contributed by atoms with Gasteiger partial charge in [0.2, 0.25) is 11.9 Å². The zero-order valence-electron chi connectivity index (χ0n) is 29.7. The molecule has 5 N–H and O–H groups in total. The molecule has 0 radical (unpaired) electrons. The van der Waals surface area contributed by atoms with Crippen LogP contribution >= 0.6 is 11.3 Å². The molecule has 0 spiro atoms. The summed E-state index contributed by atoms with van der Waals surface area (Å²) in [4.78, 5) is 25.0. The number of carbonyl (C=O) groups excluding carboxylic acids is 1. The number of likely N-dealkylation sites (tertiary alicyclic amines) is 1. The van der Waals surface area contributed by atoms with E-state index in [4.69, 9.17) is 5.73 Å². The van der Waals surface area contributed by atoms with E-state index < -0.39 is 12.6 Å². The predicted molar refractivity (Wildman–Crippen MR) is 202 cm³/mol. The second-order valence-corrected chi connectivity index (χ2v) is 16.5. The molecule has 1 amide bonds. The molecule has 9 rings (SSSR count). The van der Waals surface area contributed by atoms with Crippen molar-refractivity contribution in [3.05, 3.63) is 75.8 Å². The Labute approximate surface area is 309 Å². The van der Waals surface area contributed by atoms with Crippen LogP contribution in [0.15, 0.2) is 48.5 Å². The van der Waals surface area contributed by atoms with Crippen molar-refractivity contribution in [3.8, 4) is 6.07 Å². The van der Waals surface area contributed by atoms with Crippen molar-refractivity contribution in [2.75, 3.05) is 36.5 Å². The highest BCUT2D eigenvalue weighted by atomic mass is 32.1. The Morgan fingerprint density at radius 3 is 2.57 bits per heavy atom. The number of alkyl halides is 3. The molecule has 276 valence electrons. The lowest BCUT2D eigenvalue weighted by Gasteiger charge is -2.70. The fourth-order valence-electron chi connectivity index (χ4n) is 8.97. The van der Waals surface area contributed by atoms with E-state index in [0.29, 0.717) is 39.8 Å². The number of nitriles is 1.